The molecule has 0 aliphatic heterocycles. The van der Waals surface area contributed by atoms with Crippen LogP contribution in [0.3, 0.4) is 0 Å². The first-order valence-electron chi connectivity index (χ1n) is 6.72. The second-order valence-corrected chi connectivity index (χ2v) is 5.23. The number of rotatable bonds is 2. The van der Waals surface area contributed by atoms with Gasteiger partial charge in [-0.15, -0.1) is 0 Å². The van der Waals surface area contributed by atoms with Crippen LogP contribution in [0.2, 0.25) is 0 Å². The summed E-state index contributed by atoms with van der Waals surface area (Å²) in [5.41, 5.74) is 0.874. The zero-order valence-corrected chi connectivity index (χ0v) is 11.1. The summed E-state index contributed by atoms with van der Waals surface area (Å²) in [5.74, 6) is -0.798. The van der Waals surface area contributed by atoms with E-state index in [-0.39, 0.29) is 5.69 Å². The van der Waals surface area contributed by atoms with Crippen LogP contribution in [0.4, 0.5) is 13.2 Å². The van der Waals surface area contributed by atoms with Gasteiger partial charge >= 0.3 is 6.18 Å². The maximum atomic E-state index is 12.7. The van der Waals surface area contributed by atoms with Crippen LogP contribution in [-0.4, -0.2) is 9.97 Å². The normalized spacial score (nSPS) is 15.8. The lowest BCUT2D eigenvalue weighted by Gasteiger charge is -2.26. The Bertz CT molecular complexity index is 717. The quantitative estimate of drug-likeness (QED) is 0.917. The van der Waals surface area contributed by atoms with Gasteiger partial charge in [-0.3, -0.25) is 4.79 Å². The Morgan fingerprint density at radius 2 is 1.95 bits per heavy atom. The lowest BCUT2D eigenvalue weighted by molar-refractivity contribution is -0.145. The average molecular weight is 294 g/mol. The number of hydrogen-bond acceptors (Lipinski definition) is 2. The van der Waals surface area contributed by atoms with Crippen LogP contribution in [0, 0.1) is 0 Å². The van der Waals surface area contributed by atoms with Gasteiger partial charge in [0.05, 0.1) is 5.69 Å². The van der Waals surface area contributed by atoms with Crippen molar-refractivity contribution in [2.24, 2.45) is 0 Å². The van der Waals surface area contributed by atoms with Gasteiger partial charge in [0.15, 0.2) is 0 Å². The minimum absolute atomic E-state index is 0.0484. The van der Waals surface area contributed by atoms with Gasteiger partial charge in [-0.1, -0.05) is 24.6 Å². The molecule has 1 saturated carbocycles. The molecule has 0 saturated heterocycles. The number of aromatic amines is 1. The molecule has 21 heavy (non-hydrogen) atoms. The average Bonchev–Trinajstić information content (AvgIpc) is 2.35. The maximum Gasteiger partial charge on any atom is 0.449 e. The highest BCUT2D eigenvalue weighted by molar-refractivity contribution is 5.60. The number of benzene rings is 1. The minimum atomic E-state index is -4.67. The summed E-state index contributed by atoms with van der Waals surface area (Å²) in [5, 5.41) is 0. The van der Waals surface area contributed by atoms with Crippen LogP contribution in [0.1, 0.15) is 36.6 Å². The molecule has 0 spiro atoms. The van der Waals surface area contributed by atoms with Crippen molar-refractivity contribution < 1.29 is 13.2 Å². The lowest BCUT2D eigenvalue weighted by Crippen LogP contribution is -2.18. The molecule has 1 N–H and O–H groups in total. The molecule has 0 radical (unpaired) electrons. The third-order valence-electron chi connectivity index (χ3n) is 3.77. The summed E-state index contributed by atoms with van der Waals surface area (Å²) >= 11 is 0. The fraction of sp³-hybridized carbons (Fsp3) is 0.333. The molecule has 1 aromatic heterocycles. The zero-order chi connectivity index (χ0) is 15.0. The Balaban J connectivity index is 2.04. The van der Waals surface area contributed by atoms with Crippen molar-refractivity contribution in [2.75, 3.05) is 0 Å². The van der Waals surface area contributed by atoms with Crippen molar-refractivity contribution in [3.05, 3.63) is 52.1 Å². The molecule has 110 valence electrons. The van der Waals surface area contributed by atoms with Crippen molar-refractivity contribution in [2.45, 2.75) is 31.4 Å². The van der Waals surface area contributed by atoms with E-state index in [4.69, 9.17) is 0 Å². The molecule has 3 nitrogen and oxygen atoms in total. The van der Waals surface area contributed by atoms with Crippen molar-refractivity contribution in [3.8, 4) is 11.3 Å². The molecular weight excluding hydrogens is 281 g/mol. The zero-order valence-electron chi connectivity index (χ0n) is 11.1. The second kappa shape index (κ2) is 5.02. The Hall–Kier alpha value is -2.11. The van der Waals surface area contributed by atoms with Crippen molar-refractivity contribution in [3.63, 3.8) is 0 Å². The standard InChI is InChI=1S/C15H13F3N2O/c16-15(17,18)14-19-12(8-13(21)20-14)11-6-2-5-10(7-11)9-3-1-4-9/h2,5-9H,1,3-4H2,(H,19,20,21). The predicted octanol–water partition coefficient (Wildman–Crippen LogP) is 3.72. The third-order valence-corrected chi connectivity index (χ3v) is 3.77. The van der Waals surface area contributed by atoms with Crippen molar-refractivity contribution in [1.82, 2.24) is 9.97 Å². The molecule has 1 aromatic carbocycles. The van der Waals surface area contributed by atoms with E-state index >= 15 is 0 Å². The minimum Gasteiger partial charge on any atom is -0.303 e. The second-order valence-electron chi connectivity index (χ2n) is 5.23. The van der Waals surface area contributed by atoms with Gasteiger partial charge in [-0.05, 0) is 30.4 Å². The van der Waals surface area contributed by atoms with Crippen LogP contribution in [0.5, 0.6) is 0 Å². The summed E-state index contributed by atoms with van der Waals surface area (Å²) in [6, 6.07) is 8.34. The number of alkyl halides is 3. The monoisotopic (exact) mass is 294 g/mol. The molecule has 1 aliphatic carbocycles. The Morgan fingerprint density at radius 3 is 2.57 bits per heavy atom. The van der Waals surface area contributed by atoms with Gasteiger partial charge in [-0.25, -0.2) is 4.98 Å². The van der Waals surface area contributed by atoms with Crippen molar-refractivity contribution >= 4 is 0 Å². The van der Waals surface area contributed by atoms with E-state index in [1.807, 2.05) is 12.1 Å². The van der Waals surface area contributed by atoms with E-state index in [1.54, 1.807) is 17.1 Å². The first kappa shape index (κ1) is 13.9. The highest BCUT2D eigenvalue weighted by Crippen LogP contribution is 2.37. The molecule has 0 atom stereocenters. The molecule has 3 rings (SSSR count). The molecule has 1 fully saturated rings. The first-order chi connectivity index (χ1) is 9.93. The predicted molar refractivity (Wildman–Crippen MR) is 71.9 cm³/mol. The number of hydrogen-bond donors (Lipinski definition) is 1. The van der Waals surface area contributed by atoms with Crippen LogP contribution in [0.15, 0.2) is 35.1 Å². The van der Waals surface area contributed by atoms with Gasteiger partial charge in [0.25, 0.3) is 5.56 Å². The van der Waals surface area contributed by atoms with E-state index in [0.717, 1.165) is 24.5 Å². The fourth-order valence-electron chi connectivity index (χ4n) is 2.43. The Morgan fingerprint density at radius 1 is 1.19 bits per heavy atom. The number of H-pyrrole nitrogens is 1. The number of nitrogens with one attached hydrogen (secondary N) is 1. The summed E-state index contributed by atoms with van der Waals surface area (Å²) in [4.78, 5) is 16.7. The van der Waals surface area contributed by atoms with E-state index < -0.39 is 17.6 Å². The van der Waals surface area contributed by atoms with Crippen molar-refractivity contribution in [1.29, 1.82) is 0 Å². The fourth-order valence-corrected chi connectivity index (χ4v) is 2.43. The molecule has 2 aromatic rings. The number of aromatic nitrogens is 2. The highest BCUT2D eigenvalue weighted by Gasteiger charge is 2.34. The summed E-state index contributed by atoms with van der Waals surface area (Å²) in [6.45, 7) is 0. The van der Waals surface area contributed by atoms with E-state index in [0.29, 0.717) is 11.5 Å². The van der Waals surface area contributed by atoms with Gasteiger partial charge in [0, 0.05) is 11.6 Å². The van der Waals surface area contributed by atoms with Gasteiger partial charge in [0.1, 0.15) is 0 Å². The molecule has 1 aliphatic rings. The molecule has 1 heterocycles. The maximum absolute atomic E-state index is 12.7. The summed E-state index contributed by atoms with van der Waals surface area (Å²) in [6.07, 6.45) is -1.29. The van der Waals surface area contributed by atoms with Gasteiger partial charge in [0.2, 0.25) is 5.82 Å². The van der Waals surface area contributed by atoms with Crippen LogP contribution in [0.25, 0.3) is 11.3 Å². The van der Waals surface area contributed by atoms with E-state index in [2.05, 4.69) is 4.98 Å². The lowest BCUT2D eigenvalue weighted by atomic mass is 9.79. The number of nitrogens with zero attached hydrogens (tertiary/aromatic N) is 1. The molecular formula is C15H13F3N2O. The molecule has 0 unspecified atom stereocenters. The summed E-state index contributed by atoms with van der Waals surface area (Å²) in [7, 11) is 0. The van der Waals surface area contributed by atoms with Gasteiger partial charge < -0.3 is 4.98 Å². The Labute approximate surface area is 118 Å². The largest absolute Gasteiger partial charge is 0.449 e. The van der Waals surface area contributed by atoms with Crippen LogP contribution < -0.4 is 5.56 Å². The van der Waals surface area contributed by atoms with E-state index in [1.165, 1.54) is 6.42 Å². The SMILES string of the molecule is O=c1cc(-c2cccc(C3CCC3)c2)nc(C(F)(F)F)[nH]1. The summed E-state index contributed by atoms with van der Waals surface area (Å²) < 4.78 is 38.1. The highest BCUT2D eigenvalue weighted by atomic mass is 19.4. The van der Waals surface area contributed by atoms with Crippen LogP contribution in [-0.2, 0) is 6.18 Å². The molecule has 6 heteroatoms. The smallest absolute Gasteiger partial charge is 0.303 e. The van der Waals surface area contributed by atoms with E-state index in [9.17, 15) is 18.0 Å². The first-order valence-corrected chi connectivity index (χ1v) is 6.72. The molecule has 0 amide bonds. The topological polar surface area (TPSA) is 45.8 Å². The molecule has 0 bridgehead atoms. The third kappa shape index (κ3) is 2.84. The number of halogens is 3. The Kier molecular flexibility index (Phi) is 3.31. The van der Waals surface area contributed by atoms with Gasteiger partial charge in [-0.2, -0.15) is 13.2 Å². The van der Waals surface area contributed by atoms with Crippen LogP contribution >= 0.6 is 0 Å².